The van der Waals surface area contributed by atoms with E-state index in [9.17, 15) is 4.79 Å². The molecule has 0 saturated carbocycles. The molecule has 2 aliphatic heterocycles. The number of halogens is 1. The van der Waals surface area contributed by atoms with Crippen molar-refractivity contribution in [3.8, 4) is 0 Å². The topological polar surface area (TPSA) is 44.8 Å². The average Bonchev–Trinajstić information content (AvgIpc) is 2.92. The van der Waals surface area contributed by atoms with Gasteiger partial charge in [0.15, 0.2) is 0 Å². The van der Waals surface area contributed by atoms with Crippen molar-refractivity contribution in [2.45, 2.75) is 36.8 Å². The van der Waals surface area contributed by atoms with E-state index in [1.165, 1.54) is 5.56 Å². The summed E-state index contributed by atoms with van der Waals surface area (Å²) < 4.78 is 5.47. The number of amides is 1. The summed E-state index contributed by atoms with van der Waals surface area (Å²) in [5, 5.41) is 3.07. The summed E-state index contributed by atoms with van der Waals surface area (Å²) in [6.45, 7) is 2.61. The van der Waals surface area contributed by atoms with Crippen LogP contribution in [0.1, 0.15) is 30.4 Å². The van der Waals surface area contributed by atoms with Gasteiger partial charge in [-0.3, -0.25) is 9.69 Å². The van der Waals surface area contributed by atoms with Gasteiger partial charge in [0.2, 0.25) is 0 Å². The number of benzene rings is 2. The molecular formula is C25H30BrN3O2. The van der Waals surface area contributed by atoms with Crippen LogP contribution in [0.3, 0.4) is 0 Å². The summed E-state index contributed by atoms with van der Waals surface area (Å²) >= 11 is 3.73. The predicted octanol–water partition coefficient (Wildman–Crippen LogP) is 4.88. The predicted molar refractivity (Wildman–Crippen MR) is 131 cm³/mol. The van der Waals surface area contributed by atoms with Crippen molar-refractivity contribution in [2.75, 3.05) is 37.5 Å². The number of rotatable bonds is 5. The first kappa shape index (κ1) is 22.1. The maximum absolute atomic E-state index is 13.0. The molecule has 0 bridgehead atoms. The number of ether oxygens (including phenoxy) is 1. The Labute approximate surface area is 193 Å². The van der Waals surface area contributed by atoms with E-state index in [1.807, 2.05) is 43.5 Å². The molecule has 0 aliphatic carbocycles. The van der Waals surface area contributed by atoms with Gasteiger partial charge in [-0.25, -0.2) is 0 Å². The van der Waals surface area contributed by atoms with E-state index in [0.717, 1.165) is 55.1 Å². The first-order chi connectivity index (χ1) is 15.0. The molecule has 4 rings (SSSR count). The maximum atomic E-state index is 13.0. The Balaban J connectivity index is 1.41. The number of hydrogen-bond donors (Lipinski definition) is 1. The van der Waals surface area contributed by atoms with Crippen LogP contribution >= 0.6 is 15.9 Å². The van der Waals surface area contributed by atoms with Gasteiger partial charge >= 0.3 is 0 Å². The van der Waals surface area contributed by atoms with E-state index in [0.29, 0.717) is 12.5 Å². The van der Waals surface area contributed by atoms with Crippen molar-refractivity contribution in [2.24, 2.45) is 0 Å². The summed E-state index contributed by atoms with van der Waals surface area (Å²) in [5.41, 5.74) is 5.01. The van der Waals surface area contributed by atoms with E-state index >= 15 is 0 Å². The van der Waals surface area contributed by atoms with Crippen LogP contribution in [0.5, 0.6) is 0 Å². The fourth-order valence-corrected chi connectivity index (χ4v) is 4.82. The van der Waals surface area contributed by atoms with E-state index < -0.39 is 0 Å². The highest BCUT2D eigenvalue weighted by atomic mass is 79.9. The monoisotopic (exact) mass is 483 g/mol. The van der Waals surface area contributed by atoms with Crippen molar-refractivity contribution in [1.82, 2.24) is 4.90 Å². The standard InChI is InChI=1S/C25H30BrN3O2/c1-28(22-11-13-31-14-12-22)17-18-7-9-21(10-8-18)27-25(30)20-15-19-5-3-4-6-23(19)29(2)24(26)16-20/h3-10,15,22,24H,11-14,16-17H2,1-2H3,(H,27,30). The second-order valence-electron chi connectivity index (χ2n) is 8.39. The fourth-order valence-electron chi connectivity index (χ4n) is 4.25. The molecule has 5 nitrogen and oxygen atoms in total. The van der Waals surface area contributed by atoms with Gasteiger partial charge < -0.3 is 15.0 Å². The van der Waals surface area contributed by atoms with Crippen LogP contribution in [0.2, 0.25) is 0 Å². The normalized spacial score (nSPS) is 19.5. The lowest BCUT2D eigenvalue weighted by atomic mass is 10.1. The minimum Gasteiger partial charge on any atom is -0.381 e. The summed E-state index contributed by atoms with van der Waals surface area (Å²) in [4.78, 5) is 17.6. The van der Waals surface area contributed by atoms with Crippen molar-refractivity contribution in [3.05, 3.63) is 65.2 Å². The lowest BCUT2D eigenvalue weighted by Crippen LogP contribution is -2.36. The smallest absolute Gasteiger partial charge is 0.251 e. The van der Waals surface area contributed by atoms with E-state index in [1.54, 1.807) is 0 Å². The zero-order valence-corrected chi connectivity index (χ0v) is 19.8. The summed E-state index contributed by atoms with van der Waals surface area (Å²) in [6.07, 6.45) is 4.81. The second-order valence-corrected chi connectivity index (χ2v) is 9.44. The molecule has 2 aromatic rings. The molecule has 0 radical (unpaired) electrons. The van der Waals surface area contributed by atoms with Gasteiger partial charge in [0.25, 0.3) is 5.91 Å². The Hall–Kier alpha value is -2.15. The number of carbonyl (C=O) groups excluding carboxylic acids is 1. The Morgan fingerprint density at radius 2 is 1.87 bits per heavy atom. The third-order valence-corrected chi connectivity index (χ3v) is 7.14. The van der Waals surface area contributed by atoms with E-state index in [4.69, 9.17) is 4.74 Å². The molecule has 164 valence electrons. The zero-order chi connectivity index (χ0) is 21.8. The maximum Gasteiger partial charge on any atom is 0.251 e. The lowest BCUT2D eigenvalue weighted by molar-refractivity contribution is -0.112. The van der Waals surface area contributed by atoms with Gasteiger partial charge in [-0.1, -0.05) is 46.3 Å². The molecule has 0 spiro atoms. The summed E-state index contributed by atoms with van der Waals surface area (Å²) in [5.74, 6) is -0.0540. The first-order valence-electron chi connectivity index (χ1n) is 10.9. The number of nitrogens with zero attached hydrogens (tertiary/aromatic N) is 2. The zero-order valence-electron chi connectivity index (χ0n) is 18.2. The Morgan fingerprint density at radius 1 is 1.16 bits per heavy atom. The van der Waals surface area contributed by atoms with Gasteiger partial charge in [-0.15, -0.1) is 0 Å². The SMILES string of the molecule is CN(Cc1ccc(NC(=O)C2=Cc3ccccc3N(C)C(Br)C2)cc1)C1CCOCC1. The molecule has 1 amide bonds. The number of hydrogen-bond acceptors (Lipinski definition) is 4. The van der Waals surface area contributed by atoms with Crippen LogP contribution in [-0.4, -0.2) is 49.1 Å². The van der Waals surface area contributed by atoms with Crippen LogP contribution in [0.4, 0.5) is 11.4 Å². The highest BCUT2D eigenvalue weighted by Gasteiger charge is 2.23. The van der Waals surface area contributed by atoms with Crippen LogP contribution in [0.15, 0.2) is 54.1 Å². The minimum absolute atomic E-state index is 0.0540. The molecular weight excluding hydrogens is 454 g/mol. The second kappa shape index (κ2) is 9.98. The third-order valence-electron chi connectivity index (χ3n) is 6.20. The van der Waals surface area contributed by atoms with E-state index in [2.05, 4.69) is 56.3 Å². The number of fused-ring (bicyclic) bond motifs is 1. The fraction of sp³-hybridized carbons (Fsp3) is 0.400. The van der Waals surface area contributed by atoms with Crippen LogP contribution in [0.25, 0.3) is 6.08 Å². The van der Waals surface area contributed by atoms with Crippen LogP contribution < -0.4 is 10.2 Å². The molecule has 0 aromatic heterocycles. The van der Waals surface area contributed by atoms with Crippen LogP contribution in [-0.2, 0) is 16.1 Å². The first-order valence-corrected chi connectivity index (χ1v) is 11.8. The van der Waals surface area contributed by atoms with Gasteiger partial charge in [0.1, 0.15) is 0 Å². The lowest BCUT2D eigenvalue weighted by Gasteiger charge is -2.31. The number of para-hydroxylation sites is 1. The Bertz CT molecular complexity index is 938. The summed E-state index contributed by atoms with van der Waals surface area (Å²) in [7, 11) is 4.22. The van der Waals surface area contributed by atoms with Gasteiger partial charge in [-0.05, 0) is 55.3 Å². The molecule has 1 atom stereocenters. The highest BCUT2D eigenvalue weighted by Crippen LogP contribution is 2.32. The van der Waals surface area contributed by atoms with Crippen molar-refractivity contribution < 1.29 is 9.53 Å². The molecule has 1 N–H and O–H groups in total. The Kier molecular flexibility index (Phi) is 7.10. The summed E-state index contributed by atoms with van der Waals surface area (Å²) in [6, 6.07) is 16.9. The Morgan fingerprint density at radius 3 is 2.61 bits per heavy atom. The minimum atomic E-state index is -0.0540. The number of anilines is 2. The molecule has 1 saturated heterocycles. The van der Waals surface area contributed by atoms with Crippen molar-refractivity contribution in [3.63, 3.8) is 0 Å². The van der Waals surface area contributed by atoms with E-state index in [-0.39, 0.29) is 10.9 Å². The number of carbonyl (C=O) groups is 1. The van der Waals surface area contributed by atoms with Crippen LogP contribution in [0, 0.1) is 0 Å². The number of nitrogens with one attached hydrogen (secondary N) is 1. The highest BCUT2D eigenvalue weighted by molar-refractivity contribution is 9.09. The largest absolute Gasteiger partial charge is 0.381 e. The molecule has 6 heteroatoms. The van der Waals surface area contributed by atoms with Gasteiger partial charge in [-0.2, -0.15) is 0 Å². The van der Waals surface area contributed by atoms with Crippen molar-refractivity contribution in [1.29, 1.82) is 0 Å². The number of alkyl halides is 1. The van der Waals surface area contributed by atoms with Gasteiger partial charge in [0.05, 0.1) is 4.95 Å². The molecule has 2 aromatic carbocycles. The average molecular weight is 484 g/mol. The molecule has 1 fully saturated rings. The molecule has 2 aliphatic rings. The molecule has 31 heavy (non-hydrogen) atoms. The molecule has 1 unspecified atom stereocenters. The third kappa shape index (κ3) is 5.37. The van der Waals surface area contributed by atoms with Gasteiger partial charge in [0, 0.05) is 56.2 Å². The molecule has 2 heterocycles. The quantitative estimate of drug-likeness (QED) is 0.486. The van der Waals surface area contributed by atoms with Crippen molar-refractivity contribution >= 4 is 39.3 Å².